The minimum Gasteiger partial charge on any atom is -0.487 e. The van der Waals surface area contributed by atoms with Crippen LogP contribution >= 0.6 is 11.6 Å². The highest BCUT2D eigenvalue weighted by molar-refractivity contribution is 6.32. The highest BCUT2D eigenvalue weighted by atomic mass is 35.5. The predicted molar refractivity (Wildman–Crippen MR) is 191 cm³/mol. The van der Waals surface area contributed by atoms with Crippen molar-refractivity contribution in [1.82, 2.24) is 39.4 Å². The first-order valence-electron chi connectivity index (χ1n) is 17.6. The Morgan fingerprint density at radius 2 is 1.67 bits per heavy atom. The summed E-state index contributed by atoms with van der Waals surface area (Å²) in [7, 11) is 1.65. The summed E-state index contributed by atoms with van der Waals surface area (Å²) < 4.78 is 37.7. The number of nitrogens with zero attached hydrogens (tertiary/aromatic N) is 8. The molecule has 3 aromatic heterocycles. The summed E-state index contributed by atoms with van der Waals surface area (Å²) in [5, 5.41) is 12.9. The SMILES string of the molecule is COCCOCCOCCOc1nn(C2CCC(N3CCOCC3)CC2)cc1Nc1ncc(-c2ccc(Cl)c(O[C@@H](C)Cn3cncn3)c2)cn1. The maximum atomic E-state index is 6.48. The highest BCUT2D eigenvalue weighted by Crippen LogP contribution is 2.35. The van der Waals surface area contributed by atoms with E-state index < -0.39 is 0 Å². The van der Waals surface area contributed by atoms with Gasteiger partial charge in [-0.2, -0.15) is 5.10 Å². The first-order valence-corrected chi connectivity index (χ1v) is 18.0. The molecule has 1 saturated carbocycles. The van der Waals surface area contributed by atoms with E-state index in [2.05, 4.69) is 30.3 Å². The summed E-state index contributed by atoms with van der Waals surface area (Å²) in [4.78, 5) is 15.8. The van der Waals surface area contributed by atoms with E-state index >= 15 is 0 Å². The van der Waals surface area contributed by atoms with Crippen LogP contribution in [0, 0.1) is 0 Å². The van der Waals surface area contributed by atoms with Gasteiger partial charge in [0.25, 0.3) is 5.88 Å². The number of morpholine rings is 1. The van der Waals surface area contributed by atoms with E-state index in [0.29, 0.717) is 80.5 Å². The van der Waals surface area contributed by atoms with E-state index in [9.17, 15) is 0 Å². The number of methoxy groups -OCH3 is 1. The molecule has 0 bridgehead atoms. The fourth-order valence-corrected chi connectivity index (χ4v) is 6.49. The van der Waals surface area contributed by atoms with Gasteiger partial charge in [-0.15, -0.1) is 5.10 Å². The molecule has 4 aromatic rings. The van der Waals surface area contributed by atoms with Crippen molar-refractivity contribution < 1.29 is 28.4 Å². The van der Waals surface area contributed by atoms with E-state index in [1.807, 2.05) is 36.0 Å². The van der Waals surface area contributed by atoms with Crippen LogP contribution in [-0.2, 0) is 25.5 Å². The number of halogens is 1. The van der Waals surface area contributed by atoms with Crippen molar-refractivity contribution >= 4 is 23.2 Å². The van der Waals surface area contributed by atoms with Crippen LogP contribution in [0.4, 0.5) is 11.6 Å². The number of hydrogen-bond acceptors (Lipinski definition) is 13. The predicted octanol–water partition coefficient (Wildman–Crippen LogP) is 4.67. The fourth-order valence-electron chi connectivity index (χ4n) is 6.33. The summed E-state index contributed by atoms with van der Waals surface area (Å²) in [5.41, 5.74) is 2.39. The third-order valence-corrected chi connectivity index (χ3v) is 9.28. The van der Waals surface area contributed by atoms with Gasteiger partial charge in [0, 0.05) is 44.2 Å². The van der Waals surface area contributed by atoms with Crippen molar-refractivity contribution in [1.29, 1.82) is 0 Å². The van der Waals surface area contributed by atoms with Crippen molar-refractivity contribution in [2.45, 2.75) is 57.3 Å². The molecule has 0 spiro atoms. The monoisotopic (exact) mass is 725 g/mol. The van der Waals surface area contributed by atoms with Crippen LogP contribution in [-0.4, -0.2) is 125 Å². The van der Waals surface area contributed by atoms with Crippen LogP contribution in [0.25, 0.3) is 11.1 Å². The summed E-state index contributed by atoms with van der Waals surface area (Å²) in [6.45, 7) is 8.99. The molecule has 0 radical (unpaired) electrons. The molecule has 1 atom stereocenters. The summed E-state index contributed by atoms with van der Waals surface area (Å²) in [6, 6.07) is 6.50. The molecule has 1 N–H and O–H groups in total. The first kappa shape index (κ1) is 36.9. The van der Waals surface area contributed by atoms with Gasteiger partial charge in [-0.05, 0) is 50.3 Å². The molecule has 51 heavy (non-hydrogen) atoms. The average molecular weight is 726 g/mol. The van der Waals surface area contributed by atoms with Gasteiger partial charge in [-0.3, -0.25) is 9.58 Å². The molecule has 0 amide bonds. The molecule has 15 nitrogen and oxygen atoms in total. The lowest BCUT2D eigenvalue weighted by Crippen LogP contribution is -2.45. The number of benzene rings is 1. The second kappa shape index (κ2) is 19.1. The minimum atomic E-state index is -0.175. The van der Waals surface area contributed by atoms with Crippen molar-refractivity contribution in [3.8, 4) is 22.8 Å². The molecule has 2 fully saturated rings. The molecular weight excluding hydrogens is 678 g/mol. The zero-order chi connectivity index (χ0) is 35.3. The first-order chi connectivity index (χ1) is 25.1. The Kier molecular flexibility index (Phi) is 13.8. The van der Waals surface area contributed by atoms with E-state index in [1.165, 1.54) is 6.33 Å². The van der Waals surface area contributed by atoms with Crippen LogP contribution in [0.3, 0.4) is 0 Å². The Balaban J connectivity index is 1.08. The molecule has 1 aliphatic heterocycles. The Labute approximate surface area is 303 Å². The molecule has 16 heteroatoms. The van der Waals surface area contributed by atoms with Crippen LogP contribution in [0.2, 0.25) is 5.02 Å². The van der Waals surface area contributed by atoms with Gasteiger partial charge in [-0.25, -0.2) is 19.6 Å². The molecule has 1 aromatic carbocycles. The van der Waals surface area contributed by atoms with Gasteiger partial charge in [0.05, 0.1) is 70.1 Å². The number of hydrogen-bond donors (Lipinski definition) is 1. The lowest BCUT2D eigenvalue weighted by molar-refractivity contribution is 0.00498. The maximum Gasteiger partial charge on any atom is 0.257 e. The van der Waals surface area contributed by atoms with Gasteiger partial charge < -0.3 is 33.7 Å². The van der Waals surface area contributed by atoms with Gasteiger partial charge in [0.2, 0.25) is 5.95 Å². The second-order valence-electron chi connectivity index (χ2n) is 12.6. The van der Waals surface area contributed by atoms with Gasteiger partial charge >= 0.3 is 0 Å². The number of rotatable bonds is 19. The van der Waals surface area contributed by atoms with E-state index in [1.54, 1.807) is 30.5 Å². The molecule has 2 aliphatic rings. The smallest absolute Gasteiger partial charge is 0.257 e. The number of ether oxygens (including phenoxy) is 6. The topological polar surface area (TPSA) is 145 Å². The van der Waals surface area contributed by atoms with Crippen molar-refractivity contribution in [2.24, 2.45) is 0 Å². The molecule has 1 aliphatic carbocycles. The minimum absolute atomic E-state index is 0.175. The Morgan fingerprint density at radius 1 is 0.941 bits per heavy atom. The van der Waals surface area contributed by atoms with Crippen LogP contribution in [0.1, 0.15) is 38.6 Å². The largest absolute Gasteiger partial charge is 0.487 e. The lowest BCUT2D eigenvalue weighted by Gasteiger charge is -2.38. The Hall–Kier alpha value is -3.86. The number of aromatic nitrogens is 7. The van der Waals surface area contributed by atoms with Crippen LogP contribution in [0.5, 0.6) is 11.6 Å². The van der Waals surface area contributed by atoms with E-state index in [-0.39, 0.29) is 12.1 Å². The molecule has 1 saturated heterocycles. The van der Waals surface area contributed by atoms with E-state index in [0.717, 1.165) is 63.1 Å². The third-order valence-electron chi connectivity index (χ3n) is 8.97. The molecule has 0 unspecified atom stereocenters. The maximum absolute atomic E-state index is 6.48. The Bertz CT molecular complexity index is 1600. The lowest BCUT2D eigenvalue weighted by atomic mass is 9.90. The summed E-state index contributed by atoms with van der Waals surface area (Å²) in [6.07, 6.45) is 12.9. The standard InChI is InChI=1S/C35H48ClN9O6/c1-26(22-44-25-37-24-40-44)51-33-19-27(3-8-31(33)36)28-20-38-35(39-21-28)41-32-23-45(30-6-4-29(5-7-30)43-9-11-47-12-10-43)42-34(32)50-18-17-49-16-15-48-14-13-46-2/h3,8,19-21,23-26,29-30H,4-7,9-18,22H2,1-2H3,(H,38,39,41)/t26-,29?,30?/m0/s1. The highest BCUT2D eigenvalue weighted by Gasteiger charge is 2.29. The van der Waals surface area contributed by atoms with Crippen LogP contribution < -0.4 is 14.8 Å². The normalized spacial score (nSPS) is 18.8. The number of nitrogens with one attached hydrogen (secondary N) is 1. The summed E-state index contributed by atoms with van der Waals surface area (Å²) >= 11 is 6.48. The molecule has 4 heterocycles. The van der Waals surface area contributed by atoms with Gasteiger partial charge in [0.1, 0.15) is 36.8 Å². The molecule has 276 valence electrons. The van der Waals surface area contributed by atoms with Gasteiger partial charge in [0.15, 0.2) is 0 Å². The van der Waals surface area contributed by atoms with Crippen molar-refractivity contribution in [3.63, 3.8) is 0 Å². The Morgan fingerprint density at radius 3 is 2.39 bits per heavy atom. The van der Waals surface area contributed by atoms with Crippen molar-refractivity contribution in [2.75, 3.05) is 78.4 Å². The number of anilines is 2. The zero-order valence-corrected chi connectivity index (χ0v) is 30.1. The third kappa shape index (κ3) is 10.8. The molecule has 6 rings (SSSR count). The van der Waals surface area contributed by atoms with Gasteiger partial charge in [-0.1, -0.05) is 17.7 Å². The average Bonchev–Trinajstić information content (AvgIpc) is 3.82. The van der Waals surface area contributed by atoms with Crippen LogP contribution in [0.15, 0.2) is 49.4 Å². The second-order valence-corrected chi connectivity index (χ2v) is 13.0. The molecular formula is C35H48ClN9O6. The summed E-state index contributed by atoms with van der Waals surface area (Å²) in [5.74, 6) is 1.48. The van der Waals surface area contributed by atoms with Crippen molar-refractivity contribution in [3.05, 3.63) is 54.5 Å². The fraction of sp³-hybridized carbons (Fsp3) is 0.571. The zero-order valence-electron chi connectivity index (χ0n) is 29.4. The quantitative estimate of drug-likeness (QED) is 0.134. The van der Waals surface area contributed by atoms with E-state index in [4.69, 9.17) is 45.1 Å².